The Labute approximate surface area is 105 Å². The Morgan fingerprint density at radius 2 is 1.94 bits per heavy atom. The average Bonchev–Trinajstić information content (AvgIpc) is 2.36. The predicted molar refractivity (Wildman–Crippen MR) is 62.8 cm³/mol. The van der Waals surface area contributed by atoms with Crippen molar-refractivity contribution in [1.82, 2.24) is 0 Å². The van der Waals surface area contributed by atoms with Gasteiger partial charge in [0.15, 0.2) is 0 Å². The van der Waals surface area contributed by atoms with E-state index in [9.17, 15) is 13.6 Å². The lowest BCUT2D eigenvalue weighted by atomic mass is 10.2. The SMILES string of the molecule is CCOC(=O)C(F)(F)CCCOc1ccccc1. The first kappa shape index (κ1) is 14.4. The van der Waals surface area contributed by atoms with Crippen LogP contribution in [0.25, 0.3) is 0 Å². The van der Waals surface area contributed by atoms with Gasteiger partial charge in [-0.15, -0.1) is 0 Å². The highest BCUT2D eigenvalue weighted by atomic mass is 19.3. The minimum atomic E-state index is -3.43. The number of para-hydroxylation sites is 1. The first-order chi connectivity index (χ1) is 8.56. The van der Waals surface area contributed by atoms with Gasteiger partial charge in [0.2, 0.25) is 0 Å². The smallest absolute Gasteiger partial charge is 0.376 e. The Bertz CT molecular complexity index is 366. The average molecular weight is 258 g/mol. The van der Waals surface area contributed by atoms with E-state index in [-0.39, 0.29) is 19.6 Å². The van der Waals surface area contributed by atoms with Gasteiger partial charge in [-0.1, -0.05) is 18.2 Å². The summed E-state index contributed by atoms with van der Waals surface area (Å²) < 4.78 is 35.9. The zero-order valence-corrected chi connectivity index (χ0v) is 10.2. The molecular formula is C13H16F2O3. The van der Waals surface area contributed by atoms with Gasteiger partial charge in [-0.3, -0.25) is 0 Å². The quantitative estimate of drug-likeness (QED) is 0.557. The third-order valence-electron chi connectivity index (χ3n) is 2.22. The Balaban J connectivity index is 2.27. The van der Waals surface area contributed by atoms with Crippen molar-refractivity contribution < 1.29 is 23.0 Å². The first-order valence-corrected chi connectivity index (χ1v) is 5.79. The van der Waals surface area contributed by atoms with Crippen molar-refractivity contribution in [2.24, 2.45) is 0 Å². The maximum absolute atomic E-state index is 13.2. The molecule has 0 amide bonds. The molecule has 0 aliphatic rings. The molecule has 0 bridgehead atoms. The van der Waals surface area contributed by atoms with E-state index in [1.807, 2.05) is 6.07 Å². The van der Waals surface area contributed by atoms with Gasteiger partial charge in [0.1, 0.15) is 5.75 Å². The third-order valence-corrected chi connectivity index (χ3v) is 2.22. The zero-order valence-electron chi connectivity index (χ0n) is 10.2. The number of hydrogen-bond donors (Lipinski definition) is 0. The van der Waals surface area contributed by atoms with Crippen molar-refractivity contribution in [2.75, 3.05) is 13.2 Å². The fourth-order valence-electron chi connectivity index (χ4n) is 1.34. The van der Waals surface area contributed by atoms with Crippen LogP contribution in [0.3, 0.4) is 0 Å². The predicted octanol–water partition coefficient (Wildman–Crippen LogP) is 3.04. The number of carbonyl (C=O) groups excluding carboxylic acids is 1. The molecule has 100 valence electrons. The van der Waals surface area contributed by atoms with Crippen LogP contribution >= 0.6 is 0 Å². The molecule has 1 aromatic carbocycles. The van der Waals surface area contributed by atoms with Gasteiger partial charge >= 0.3 is 11.9 Å². The van der Waals surface area contributed by atoms with Gasteiger partial charge < -0.3 is 9.47 Å². The van der Waals surface area contributed by atoms with E-state index in [1.165, 1.54) is 6.92 Å². The van der Waals surface area contributed by atoms with E-state index in [2.05, 4.69) is 4.74 Å². The monoisotopic (exact) mass is 258 g/mol. The molecule has 0 fully saturated rings. The molecular weight excluding hydrogens is 242 g/mol. The highest BCUT2D eigenvalue weighted by Gasteiger charge is 2.39. The Morgan fingerprint density at radius 3 is 2.56 bits per heavy atom. The molecule has 3 nitrogen and oxygen atoms in total. The molecule has 0 heterocycles. The van der Waals surface area contributed by atoms with Crippen molar-refractivity contribution in [3.63, 3.8) is 0 Å². The summed E-state index contributed by atoms with van der Waals surface area (Å²) >= 11 is 0. The second kappa shape index (κ2) is 6.93. The van der Waals surface area contributed by atoms with Gasteiger partial charge in [-0.25, -0.2) is 4.79 Å². The summed E-state index contributed by atoms with van der Waals surface area (Å²) in [5, 5.41) is 0. The summed E-state index contributed by atoms with van der Waals surface area (Å²) in [4.78, 5) is 10.9. The Kier molecular flexibility index (Phi) is 5.55. The van der Waals surface area contributed by atoms with Gasteiger partial charge in [0.05, 0.1) is 13.2 Å². The van der Waals surface area contributed by atoms with Gasteiger partial charge in [-0.2, -0.15) is 8.78 Å². The summed E-state index contributed by atoms with van der Waals surface area (Å²) in [6, 6.07) is 8.90. The first-order valence-electron chi connectivity index (χ1n) is 5.79. The Hall–Kier alpha value is -1.65. The maximum Gasteiger partial charge on any atom is 0.376 e. The number of halogens is 2. The number of benzene rings is 1. The molecule has 0 spiro atoms. The number of ether oxygens (including phenoxy) is 2. The summed E-state index contributed by atoms with van der Waals surface area (Å²) in [6.45, 7) is 1.58. The molecule has 0 atom stereocenters. The standard InChI is InChI=1S/C13H16F2O3/c1-2-17-12(16)13(14,15)9-6-10-18-11-7-4-3-5-8-11/h3-5,7-8H,2,6,9-10H2,1H3. The third kappa shape index (κ3) is 4.69. The van der Waals surface area contributed by atoms with Crippen LogP contribution < -0.4 is 4.74 Å². The van der Waals surface area contributed by atoms with Crippen LogP contribution in [0.1, 0.15) is 19.8 Å². The molecule has 0 saturated carbocycles. The van der Waals surface area contributed by atoms with Crippen molar-refractivity contribution in [2.45, 2.75) is 25.7 Å². The van der Waals surface area contributed by atoms with Crippen LogP contribution in [0, 0.1) is 0 Å². The van der Waals surface area contributed by atoms with E-state index in [0.717, 1.165) is 0 Å². The lowest BCUT2D eigenvalue weighted by Gasteiger charge is -2.14. The summed E-state index contributed by atoms with van der Waals surface area (Å²) in [5.74, 6) is -4.28. The molecule has 5 heteroatoms. The van der Waals surface area contributed by atoms with Crippen LogP contribution in [0.4, 0.5) is 8.78 Å². The second-order valence-electron chi connectivity index (χ2n) is 3.69. The fraction of sp³-hybridized carbons (Fsp3) is 0.462. The molecule has 0 radical (unpaired) electrons. The number of hydrogen-bond acceptors (Lipinski definition) is 3. The number of esters is 1. The van der Waals surface area contributed by atoms with E-state index in [4.69, 9.17) is 4.74 Å². The van der Waals surface area contributed by atoms with E-state index in [0.29, 0.717) is 5.75 Å². The van der Waals surface area contributed by atoms with Crippen molar-refractivity contribution in [1.29, 1.82) is 0 Å². The normalized spacial score (nSPS) is 11.1. The summed E-state index contributed by atoms with van der Waals surface area (Å²) in [5.41, 5.74) is 0. The van der Waals surface area contributed by atoms with Crippen LogP contribution in [-0.4, -0.2) is 25.1 Å². The van der Waals surface area contributed by atoms with Crippen LogP contribution in [0.2, 0.25) is 0 Å². The molecule has 0 unspecified atom stereocenters. The van der Waals surface area contributed by atoms with Crippen LogP contribution in [-0.2, 0) is 9.53 Å². The van der Waals surface area contributed by atoms with Gasteiger partial charge in [0.25, 0.3) is 0 Å². The molecule has 0 aromatic heterocycles. The van der Waals surface area contributed by atoms with Crippen molar-refractivity contribution in [3.05, 3.63) is 30.3 Å². The van der Waals surface area contributed by atoms with E-state index >= 15 is 0 Å². The second-order valence-corrected chi connectivity index (χ2v) is 3.69. The number of alkyl halides is 2. The molecule has 0 aliphatic carbocycles. The minimum absolute atomic E-state index is 0.0467. The van der Waals surface area contributed by atoms with Gasteiger partial charge in [-0.05, 0) is 25.5 Å². The molecule has 1 aromatic rings. The topological polar surface area (TPSA) is 35.5 Å². The molecule has 1 rings (SSSR count). The largest absolute Gasteiger partial charge is 0.494 e. The van der Waals surface area contributed by atoms with Crippen molar-refractivity contribution >= 4 is 5.97 Å². The lowest BCUT2D eigenvalue weighted by Crippen LogP contribution is -2.31. The van der Waals surface area contributed by atoms with Crippen LogP contribution in [0.15, 0.2) is 30.3 Å². The molecule has 0 saturated heterocycles. The summed E-state index contributed by atoms with van der Waals surface area (Å²) in [7, 11) is 0. The van der Waals surface area contributed by atoms with Gasteiger partial charge in [0, 0.05) is 6.42 Å². The van der Waals surface area contributed by atoms with Crippen LogP contribution in [0.5, 0.6) is 5.75 Å². The lowest BCUT2D eigenvalue weighted by molar-refractivity contribution is -0.172. The maximum atomic E-state index is 13.2. The molecule has 0 aliphatic heterocycles. The molecule has 0 N–H and O–H groups in total. The zero-order chi connectivity index (χ0) is 13.4. The Morgan fingerprint density at radius 1 is 1.28 bits per heavy atom. The number of rotatable bonds is 7. The molecule has 18 heavy (non-hydrogen) atoms. The highest BCUT2D eigenvalue weighted by molar-refractivity contribution is 5.77. The number of carbonyl (C=O) groups is 1. The summed E-state index contributed by atoms with van der Waals surface area (Å²) in [6.07, 6.45) is -0.487. The fourth-order valence-corrected chi connectivity index (χ4v) is 1.34. The highest BCUT2D eigenvalue weighted by Crippen LogP contribution is 2.22. The van der Waals surface area contributed by atoms with E-state index < -0.39 is 18.3 Å². The van der Waals surface area contributed by atoms with Crippen molar-refractivity contribution in [3.8, 4) is 5.75 Å². The minimum Gasteiger partial charge on any atom is -0.494 e. The van der Waals surface area contributed by atoms with E-state index in [1.54, 1.807) is 24.3 Å².